The fraction of sp³-hybridized carbons (Fsp3) is 0.154. The predicted octanol–water partition coefficient (Wildman–Crippen LogP) is 3.79. The SMILES string of the molecule is O=C(CSc1nccc(C(F)(F)F)n1)Nc1ccc([N+](=O)[O-])cc1Cl. The van der Waals surface area contributed by atoms with Gasteiger partial charge < -0.3 is 5.32 Å². The molecule has 0 bridgehead atoms. The number of halogens is 4. The van der Waals surface area contributed by atoms with Crippen LogP contribution >= 0.6 is 23.4 Å². The fourth-order valence-electron chi connectivity index (χ4n) is 1.60. The van der Waals surface area contributed by atoms with Crippen LogP contribution in [0.2, 0.25) is 5.02 Å². The Hall–Kier alpha value is -2.40. The van der Waals surface area contributed by atoms with Crippen molar-refractivity contribution in [1.29, 1.82) is 0 Å². The number of nitrogens with one attached hydrogen (secondary N) is 1. The highest BCUT2D eigenvalue weighted by atomic mass is 35.5. The molecule has 25 heavy (non-hydrogen) atoms. The van der Waals surface area contributed by atoms with Crippen LogP contribution in [0.4, 0.5) is 24.5 Å². The molecule has 0 spiro atoms. The van der Waals surface area contributed by atoms with Crippen LogP contribution in [0, 0.1) is 10.1 Å². The molecule has 0 atom stereocenters. The zero-order chi connectivity index (χ0) is 18.6. The summed E-state index contributed by atoms with van der Waals surface area (Å²) < 4.78 is 37.6. The molecule has 0 unspecified atom stereocenters. The average Bonchev–Trinajstić information content (AvgIpc) is 2.54. The number of rotatable bonds is 5. The number of hydrogen-bond acceptors (Lipinski definition) is 6. The summed E-state index contributed by atoms with van der Waals surface area (Å²) in [5.41, 5.74) is -1.21. The minimum atomic E-state index is -4.60. The van der Waals surface area contributed by atoms with Gasteiger partial charge in [0, 0.05) is 18.3 Å². The van der Waals surface area contributed by atoms with E-state index in [1.54, 1.807) is 0 Å². The molecule has 0 radical (unpaired) electrons. The molecule has 2 rings (SSSR count). The third-order valence-electron chi connectivity index (χ3n) is 2.69. The number of anilines is 1. The topological polar surface area (TPSA) is 98.0 Å². The van der Waals surface area contributed by atoms with Crippen LogP contribution in [0.15, 0.2) is 35.6 Å². The molecule has 1 aromatic heterocycles. The third kappa shape index (κ3) is 5.29. The van der Waals surface area contributed by atoms with Crippen molar-refractivity contribution in [2.45, 2.75) is 11.3 Å². The molecule has 12 heteroatoms. The molecule has 1 aromatic carbocycles. The van der Waals surface area contributed by atoms with Gasteiger partial charge in [0.25, 0.3) is 5.69 Å². The Kier molecular flexibility index (Phi) is 5.80. The van der Waals surface area contributed by atoms with Gasteiger partial charge in [-0.05, 0) is 12.1 Å². The minimum Gasteiger partial charge on any atom is -0.324 e. The Bertz CT molecular complexity index is 819. The van der Waals surface area contributed by atoms with Crippen molar-refractivity contribution in [2.75, 3.05) is 11.1 Å². The summed E-state index contributed by atoms with van der Waals surface area (Å²) in [7, 11) is 0. The molecule has 0 aliphatic rings. The van der Waals surface area contributed by atoms with E-state index < -0.39 is 22.7 Å². The zero-order valence-electron chi connectivity index (χ0n) is 12.1. The number of aromatic nitrogens is 2. The lowest BCUT2D eigenvalue weighted by molar-refractivity contribution is -0.384. The van der Waals surface area contributed by atoms with Crippen molar-refractivity contribution in [1.82, 2.24) is 9.97 Å². The van der Waals surface area contributed by atoms with Crippen molar-refractivity contribution in [3.05, 3.63) is 51.3 Å². The Balaban J connectivity index is 1.99. The average molecular weight is 393 g/mol. The van der Waals surface area contributed by atoms with E-state index in [1.165, 1.54) is 6.07 Å². The summed E-state index contributed by atoms with van der Waals surface area (Å²) >= 11 is 6.54. The Morgan fingerprint density at radius 2 is 2.08 bits per heavy atom. The monoisotopic (exact) mass is 392 g/mol. The quantitative estimate of drug-likeness (QED) is 0.360. The first-order valence-electron chi connectivity index (χ1n) is 6.43. The van der Waals surface area contributed by atoms with Gasteiger partial charge in [0.15, 0.2) is 5.16 Å². The van der Waals surface area contributed by atoms with E-state index in [9.17, 15) is 28.1 Å². The second kappa shape index (κ2) is 7.66. The Morgan fingerprint density at radius 1 is 1.36 bits per heavy atom. The summed E-state index contributed by atoms with van der Waals surface area (Å²) in [5, 5.41) is 12.8. The lowest BCUT2D eigenvalue weighted by atomic mass is 10.3. The van der Waals surface area contributed by atoms with E-state index in [0.29, 0.717) is 11.8 Å². The molecular formula is C13H8ClF3N4O3S. The van der Waals surface area contributed by atoms with Crippen LogP contribution in [0.5, 0.6) is 0 Å². The molecule has 0 saturated carbocycles. The maximum absolute atomic E-state index is 12.5. The molecule has 0 saturated heterocycles. The highest BCUT2D eigenvalue weighted by Crippen LogP contribution is 2.29. The molecule has 7 nitrogen and oxygen atoms in total. The summed E-state index contributed by atoms with van der Waals surface area (Å²) in [6.07, 6.45) is -3.66. The maximum atomic E-state index is 12.5. The normalized spacial score (nSPS) is 11.2. The van der Waals surface area contributed by atoms with Crippen LogP contribution in [0.1, 0.15) is 5.69 Å². The predicted molar refractivity (Wildman–Crippen MR) is 84.5 cm³/mol. The van der Waals surface area contributed by atoms with Crippen molar-refractivity contribution in [2.24, 2.45) is 0 Å². The molecular weight excluding hydrogens is 385 g/mol. The highest BCUT2D eigenvalue weighted by molar-refractivity contribution is 7.99. The Morgan fingerprint density at radius 3 is 2.68 bits per heavy atom. The molecule has 2 aromatic rings. The van der Waals surface area contributed by atoms with Gasteiger partial charge >= 0.3 is 6.18 Å². The molecule has 0 aliphatic heterocycles. The van der Waals surface area contributed by atoms with Gasteiger partial charge in [0.05, 0.1) is 21.4 Å². The zero-order valence-corrected chi connectivity index (χ0v) is 13.7. The van der Waals surface area contributed by atoms with Crippen molar-refractivity contribution in [3.8, 4) is 0 Å². The molecule has 1 heterocycles. The standard InChI is InChI=1S/C13H8ClF3N4O3S/c14-8-5-7(21(23)24)1-2-9(8)19-11(22)6-25-12-18-4-3-10(20-12)13(15,16)17/h1-5H,6H2,(H,19,22). The first-order valence-corrected chi connectivity index (χ1v) is 7.80. The van der Waals surface area contributed by atoms with Crippen molar-refractivity contribution < 1.29 is 22.9 Å². The number of nitrogens with zero attached hydrogens (tertiary/aromatic N) is 3. The minimum absolute atomic E-state index is 0.0390. The number of alkyl halides is 3. The number of benzene rings is 1. The van der Waals surface area contributed by atoms with E-state index in [0.717, 1.165) is 24.4 Å². The third-order valence-corrected chi connectivity index (χ3v) is 3.87. The second-order valence-electron chi connectivity index (χ2n) is 4.48. The number of carbonyl (C=O) groups is 1. The van der Waals surface area contributed by atoms with Crippen LogP contribution in [-0.4, -0.2) is 26.6 Å². The van der Waals surface area contributed by atoms with Gasteiger partial charge in [-0.1, -0.05) is 23.4 Å². The van der Waals surface area contributed by atoms with Gasteiger partial charge in [-0.3, -0.25) is 14.9 Å². The summed E-state index contributed by atoms with van der Waals surface area (Å²) in [6, 6.07) is 4.20. The number of amides is 1. The number of thioether (sulfide) groups is 1. The number of non-ortho nitro benzene ring substituents is 1. The number of carbonyl (C=O) groups excluding carboxylic acids is 1. The lowest BCUT2D eigenvalue weighted by Crippen LogP contribution is -2.15. The van der Waals surface area contributed by atoms with E-state index in [1.807, 2.05) is 0 Å². The van der Waals surface area contributed by atoms with Crippen LogP contribution in [0.3, 0.4) is 0 Å². The van der Waals surface area contributed by atoms with E-state index in [2.05, 4.69) is 15.3 Å². The lowest BCUT2D eigenvalue weighted by Gasteiger charge is -2.08. The second-order valence-corrected chi connectivity index (χ2v) is 5.83. The molecule has 0 aliphatic carbocycles. The van der Waals surface area contributed by atoms with Crippen LogP contribution in [0.25, 0.3) is 0 Å². The van der Waals surface area contributed by atoms with E-state index in [4.69, 9.17) is 11.6 Å². The summed E-state index contributed by atoms with van der Waals surface area (Å²) in [5.74, 6) is -0.851. The van der Waals surface area contributed by atoms with Gasteiger partial charge in [0.2, 0.25) is 5.91 Å². The van der Waals surface area contributed by atoms with Crippen LogP contribution < -0.4 is 5.32 Å². The van der Waals surface area contributed by atoms with Crippen LogP contribution in [-0.2, 0) is 11.0 Å². The number of nitro benzene ring substituents is 1. The smallest absolute Gasteiger partial charge is 0.324 e. The molecule has 1 N–H and O–H groups in total. The molecule has 132 valence electrons. The van der Waals surface area contributed by atoms with E-state index >= 15 is 0 Å². The van der Waals surface area contributed by atoms with E-state index in [-0.39, 0.29) is 27.3 Å². The van der Waals surface area contributed by atoms with Crippen molar-refractivity contribution in [3.63, 3.8) is 0 Å². The molecule has 1 amide bonds. The van der Waals surface area contributed by atoms with Crippen molar-refractivity contribution >= 4 is 40.6 Å². The fourth-order valence-corrected chi connectivity index (χ4v) is 2.46. The Labute approximate surface area is 147 Å². The van der Waals surface area contributed by atoms with Gasteiger partial charge in [-0.2, -0.15) is 13.2 Å². The summed E-state index contributed by atoms with van der Waals surface area (Å²) in [4.78, 5) is 28.8. The molecule has 0 fully saturated rings. The number of hydrogen-bond donors (Lipinski definition) is 1. The first-order chi connectivity index (χ1) is 11.7. The highest BCUT2D eigenvalue weighted by Gasteiger charge is 2.32. The number of nitro groups is 1. The van der Waals surface area contributed by atoms with Gasteiger partial charge in [-0.15, -0.1) is 0 Å². The van der Waals surface area contributed by atoms with Gasteiger partial charge in [0.1, 0.15) is 5.69 Å². The largest absolute Gasteiger partial charge is 0.433 e. The maximum Gasteiger partial charge on any atom is 0.433 e. The van der Waals surface area contributed by atoms with Gasteiger partial charge in [-0.25, -0.2) is 9.97 Å². The first kappa shape index (κ1) is 18.9. The summed E-state index contributed by atoms with van der Waals surface area (Å²) in [6.45, 7) is 0.